The van der Waals surface area contributed by atoms with Crippen LogP contribution in [0.4, 0.5) is 0 Å². The van der Waals surface area contributed by atoms with Gasteiger partial charge in [-0.25, -0.2) is 0 Å². The van der Waals surface area contributed by atoms with Crippen molar-refractivity contribution in [3.05, 3.63) is 0 Å². The van der Waals surface area contributed by atoms with E-state index >= 15 is 0 Å². The van der Waals surface area contributed by atoms with E-state index in [-0.39, 0.29) is 29.7 Å². The molecule has 2 saturated heterocycles. The minimum absolute atomic E-state index is 0.0364. The highest BCUT2D eigenvalue weighted by Crippen LogP contribution is 2.35. The van der Waals surface area contributed by atoms with E-state index in [2.05, 4.69) is 0 Å². The number of hydrogen-bond acceptors (Lipinski definition) is 2. The fraction of sp³-hybridized carbons (Fsp3) is 0.778. The normalized spacial score (nSPS) is 40.8. The van der Waals surface area contributed by atoms with Crippen LogP contribution in [-0.2, 0) is 9.59 Å². The molecule has 2 aliphatic heterocycles. The lowest BCUT2D eigenvalue weighted by Crippen LogP contribution is -2.33. The number of nitrogens with zero attached hydrogens (tertiary/aromatic N) is 1. The number of amides is 2. The second-order valence-electron chi connectivity index (χ2n) is 3.97. The first-order chi connectivity index (χ1) is 5.61. The van der Waals surface area contributed by atoms with Gasteiger partial charge in [0.15, 0.2) is 0 Å². The maximum Gasteiger partial charge on any atom is 0.232 e. The van der Waals surface area contributed by atoms with Crippen LogP contribution in [0.2, 0.25) is 0 Å². The fourth-order valence-corrected chi connectivity index (χ4v) is 2.27. The van der Waals surface area contributed by atoms with Crippen LogP contribution in [0, 0.1) is 11.8 Å². The van der Waals surface area contributed by atoms with Crippen LogP contribution in [-0.4, -0.2) is 22.8 Å². The molecule has 0 aromatic heterocycles. The van der Waals surface area contributed by atoms with Crippen molar-refractivity contribution in [3.63, 3.8) is 0 Å². The van der Waals surface area contributed by atoms with E-state index in [1.54, 1.807) is 0 Å². The van der Waals surface area contributed by atoms with Gasteiger partial charge in [0.2, 0.25) is 11.8 Å². The van der Waals surface area contributed by atoms with E-state index in [1.165, 1.54) is 4.90 Å². The monoisotopic (exact) mass is 167 g/mol. The maximum absolute atomic E-state index is 11.4. The van der Waals surface area contributed by atoms with Crippen LogP contribution in [0.15, 0.2) is 0 Å². The van der Waals surface area contributed by atoms with Gasteiger partial charge in [-0.2, -0.15) is 0 Å². The Morgan fingerprint density at radius 1 is 1.08 bits per heavy atom. The molecule has 0 aromatic rings. The highest BCUT2D eigenvalue weighted by molar-refractivity contribution is 6.00. The zero-order valence-electron chi connectivity index (χ0n) is 7.41. The summed E-state index contributed by atoms with van der Waals surface area (Å²) in [7, 11) is 0. The predicted octanol–water partition coefficient (Wildman–Crippen LogP) is 0.790. The number of rotatable bonds is 0. The molecule has 2 heterocycles. The number of imide groups is 1. The molecule has 0 bridgehead atoms. The molecule has 2 rings (SSSR count). The lowest BCUT2D eigenvalue weighted by atomic mass is 10.0. The van der Waals surface area contributed by atoms with Crippen molar-refractivity contribution in [1.82, 2.24) is 4.90 Å². The molecule has 0 N–H and O–H groups in total. The van der Waals surface area contributed by atoms with E-state index in [1.807, 2.05) is 13.8 Å². The first kappa shape index (κ1) is 7.77. The Balaban J connectivity index is 2.26. The van der Waals surface area contributed by atoms with Crippen molar-refractivity contribution in [2.45, 2.75) is 32.7 Å². The van der Waals surface area contributed by atoms with Gasteiger partial charge < -0.3 is 0 Å². The van der Waals surface area contributed by atoms with E-state index in [0.29, 0.717) is 0 Å². The summed E-state index contributed by atoms with van der Waals surface area (Å²) in [5.74, 6) is 0.196. The third kappa shape index (κ3) is 0.822. The zero-order chi connectivity index (χ0) is 8.88. The van der Waals surface area contributed by atoms with Crippen molar-refractivity contribution in [2.24, 2.45) is 11.8 Å². The van der Waals surface area contributed by atoms with Gasteiger partial charge in [-0.1, -0.05) is 13.8 Å². The molecule has 0 spiro atoms. The minimum Gasteiger partial charge on any atom is -0.279 e. The molecule has 2 atom stereocenters. The molecule has 0 aliphatic carbocycles. The van der Waals surface area contributed by atoms with Gasteiger partial charge in [0.1, 0.15) is 0 Å². The molecule has 0 radical (unpaired) electrons. The van der Waals surface area contributed by atoms with Crippen molar-refractivity contribution in [2.75, 3.05) is 0 Å². The van der Waals surface area contributed by atoms with Crippen LogP contribution in [0.1, 0.15) is 26.7 Å². The second kappa shape index (κ2) is 2.31. The summed E-state index contributed by atoms with van der Waals surface area (Å²) in [5.41, 5.74) is 0. The van der Waals surface area contributed by atoms with Gasteiger partial charge in [0.05, 0.1) is 0 Å². The van der Waals surface area contributed by atoms with Gasteiger partial charge in [-0.05, 0) is 12.8 Å². The molecule has 2 fully saturated rings. The molecule has 2 amide bonds. The number of hydrogen-bond donors (Lipinski definition) is 0. The average molecular weight is 167 g/mol. The summed E-state index contributed by atoms with van der Waals surface area (Å²) in [4.78, 5) is 24.4. The van der Waals surface area contributed by atoms with Crippen LogP contribution in [0.3, 0.4) is 0 Å². The first-order valence-corrected chi connectivity index (χ1v) is 4.48. The van der Waals surface area contributed by atoms with Gasteiger partial charge >= 0.3 is 0 Å². The minimum atomic E-state index is 0.0364. The molecule has 2 unspecified atom stereocenters. The molecule has 0 saturated carbocycles. The third-order valence-corrected chi connectivity index (χ3v) is 2.93. The van der Waals surface area contributed by atoms with Crippen molar-refractivity contribution in [3.8, 4) is 0 Å². The summed E-state index contributed by atoms with van der Waals surface area (Å²) < 4.78 is 0. The Morgan fingerprint density at radius 3 is 1.83 bits per heavy atom. The van der Waals surface area contributed by atoms with Crippen LogP contribution < -0.4 is 0 Å². The van der Waals surface area contributed by atoms with E-state index in [9.17, 15) is 9.59 Å². The highest BCUT2D eigenvalue weighted by atomic mass is 16.2. The molecule has 3 heteroatoms. The topological polar surface area (TPSA) is 37.4 Å². The van der Waals surface area contributed by atoms with Crippen molar-refractivity contribution >= 4 is 11.8 Å². The van der Waals surface area contributed by atoms with Crippen LogP contribution >= 0.6 is 0 Å². The Labute approximate surface area is 71.7 Å². The molecular formula is C9H13NO2. The molecule has 0 aromatic carbocycles. The highest BCUT2D eigenvalue weighted by Gasteiger charge is 2.47. The number of fused-ring (bicyclic) bond motifs is 1. The first-order valence-electron chi connectivity index (χ1n) is 4.48. The molecule has 3 nitrogen and oxygen atoms in total. The van der Waals surface area contributed by atoms with Gasteiger partial charge in [-0.3, -0.25) is 14.5 Å². The summed E-state index contributed by atoms with van der Waals surface area (Å²) in [6, 6.07) is 0.218. The molecular weight excluding hydrogens is 154 g/mol. The van der Waals surface area contributed by atoms with Crippen LogP contribution in [0.25, 0.3) is 0 Å². The smallest absolute Gasteiger partial charge is 0.232 e. The standard InChI is InChI=1S/C9H13NO2/c1-5-3-7-4-6(2)9(12)10(7)8(5)11/h5-7H,3-4H2,1-2H3. The summed E-state index contributed by atoms with van der Waals surface area (Å²) in [5, 5.41) is 0. The van der Waals surface area contributed by atoms with Crippen LogP contribution in [0.5, 0.6) is 0 Å². The molecule has 66 valence electrons. The summed E-state index contributed by atoms with van der Waals surface area (Å²) in [6.45, 7) is 3.80. The SMILES string of the molecule is CC1CC2CC(C)C(=O)N2C1=O. The van der Waals surface area contributed by atoms with Gasteiger partial charge in [0.25, 0.3) is 0 Å². The second-order valence-corrected chi connectivity index (χ2v) is 3.97. The van der Waals surface area contributed by atoms with Gasteiger partial charge in [0, 0.05) is 17.9 Å². The quantitative estimate of drug-likeness (QED) is 0.500. The van der Waals surface area contributed by atoms with Crippen molar-refractivity contribution < 1.29 is 9.59 Å². The van der Waals surface area contributed by atoms with E-state index < -0.39 is 0 Å². The largest absolute Gasteiger partial charge is 0.279 e. The van der Waals surface area contributed by atoms with E-state index in [0.717, 1.165) is 12.8 Å². The summed E-state index contributed by atoms with van der Waals surface area (Å²) in [6.07, 6.45) is 1.74. The molecule has 12 heavy (non-hydrogen) atoms. The Kier molecular flexibility index (Phi) is 1.50. The summed E-state index contributed by atoms with van der Waals surface area (Å²) >= 11 is 0. The average Bonchev–Trinajstić information content (AvgIpc) is 2.40. The maximum atomic E-state index is 11.4. The van der Waals surface area contributed by atoms with Gasteiger partial charge in [-0.15, -0.1) is 0 Å². The lowest BCUT2D eigenvalue weighted by Gasteiger charge is -2.12. The Hall–Kier alpha value is -0.860. The lowest BCUT2D eigenvalue weighted by molar-refractivity contribution is -0.143. The zero-order valence-corrected chi connectivity index (χ0v) is 7.41. The fourth-order valence-electron chi connectivity index (χ4n) is 2.27. The van der Waals surface area contributed by atoms with E-state index in [4.69, 9.17) is 0 Å². The van der Waals surface area contributed by atoms with Crippen molar-refractivity contribution in [1.29, 1.82) is 0 Å². The number of carbonyl (C=O) groups is 2. The number of carbonyl (C=O) groups excluding carboxylic acids is 2. The third-order valence-electron chi connectivity index (χ3n) is 2.93. The Bertz CT molecular complexity index is 225. The predicted molar refractivity (Wildman–Crippen MR) is 43.2 cm³/mol. The molecule has 2 aliphatic rings. The Morgan fingerprint density at radius 2 is 1.50 bits per heavy atom.